The molecular weight excluding hydrogens is 290 g/mol. The number of rotatable bonds is 3. The second-order valence-corrected chi connectivity index (χ2v) is 5.81. The van der Waals surface area contributed by atoms with Crippen LogP contribution >= 0.6 is 0 Å². The Hall–Kier alpha value is -2.69. The summed E-state index contributed by atoms with van der Waals surface area (Å²) in [5, 5.41) is 5.53. The molecule has 0 saturated heterocycles. The summed E-state index contributed by atoms with van der Waals surface area (Å²) in [5.74, 6) is -1.28. The highest BCUT2D eigenvalue weighted by Gasteiger charge is 2.38. The van der Waals surface area contributed by atoms with Crippen LogP contribution in [0.1, 0.15) is 31.2 Å². The van der Waals surface area contributed by atoms with E-state index in [1.54, 1.807) is 18.3 Å². The predicted molar refractivity (Wildman–Crippen MR) is 87.6 cm³/mol. The second-order valence-electron chi connectivity index (χ2n) is 5.81. The molecule has 1 saturated carbocycles. The van der Waals surface area contributed by atoms with E-state index < -0.39 is 17.4 Å². The number of nitrogens with zero attached hydrogens (tertiary/aromatic N) is 1. The molecule has 1 aliphatic carbocycles. The second kappa shape index (κ2) is 6.60. The molecule has 3 rings (SSSR count). The largest absolute Gasteiger partial charge is 0.338 e. The number of nitrogens with one attached hydrogen (secondary N) is 2. The van der Waals surface area contributed by atoms with Gasteiger partial charge in [0, 0.05) is 6.20 Å². The molecule has 0 spiro atoms. The van der Waals surface area contributed by atoms with Gasteiger partial charge in [0.05, 0.1) is 17.4 Å². The van der Waals surface area contributed by atoms with Gasteiger partial charge in [-0.3, -0.25) is 14.6 Å². The van der Waals surface area contributed by atoms with Crippen molar-refractivity contribution in [2.75, 3.05) is 5.32 Å². The Labute approximate surface area is 135 Å². The van der Waals surface area contributed by atoms with Gasteiger partial charge in [-0.15, -0.1) is 0 Å². The minimum absolute atomic E-state index is 0.440. The molecule has 2 aromatic rings. The highest BCUT2D eigenvalue weighted by Crippen LogP contribution is 2.38. The lowest BCUT2D eigenvalue weighted by Gasteiger charge is -2.30. The Morgan fingerprint density at radius 3 is 2.35 bits per heavy atom. The highest BCUT2D eigenvalue weighted by atomic mass is 16.2. The quantitative estimate of drug-likeness (QED) is 0.856. The SMILES string of the molecule is O=C(Nc1cccnc1)C(=O)NC1(c2ccccc2)CCCC1. The summed E-state index contributed by atoms with van der Waals surface area (Å²) < 4.78 is 0. The minimum atomic E-state index is -0.666. The average Bonchev–Trinajstić information content (AvgIpc) is 3.06. The van der Waals surface area contributed by atoms with Crippen LogP contribution in [0.15, 0.2) is 54.9 Å². The maximum atomic E-state index is 12.3. The molecule has 1 aromatic carbocycles. The van der Waals surface area contributed by atoms with E-state index in [0.717, 1.165) is 31.2 Å². The number of carbonyl (C=O) groups is 2. The van der Waals surface area contributed by atoms with Crippen molar-refractivity contribution in [3.63, 3.8) is 0 Å². The lowest BCUT2D eigenvalue weighted by molar-refractivity contribution is -0.137. The normalized spacial score (nSPS) is 15.8. The minimum Gasteiger partial charge on any atom is -0.338 e. The van der Waals surface area contributed by atoms with Crippen LogP contribution in [0.25, 0.3) is 0 Å². The molecular formula is C18H19N3O2. The summed E-state index contributed by atoms with van der Waals surface area (Å²) in [4.78, 5) is 28.4. The van der Waals surface area contributed by atoms with E-state index in [0.29, 0.717) is 5.69 Å². The maximum Gasteiger partial charge on any atom is 0.313 e. The standard InChI is InChI=1S/C18H19N3O2/c22-16(20-15-9-6-12-19-13-15)17(23)21-18(10-4-5-11-18)14-7-2-1-3-8-14/h1-3,6-9,12-13H,4-5,10-11H2,(H,20,22)(H,21,23). The molecule has 1 aliphatic rings. The number of hydrogen-bond donors (Lipinski definition) is 2. The molecule has 0 bridgehead atoms. The summed E-state index contributed by atoms with van der Waals surface area (Å²) in [5.41, 5.74) is 1.12. The van der Waals surface area contributed by atoms with Crippen molar-refractivity contribution in [3.05, 3.63) is 60.4 Å². The van der Waals surface area contributed by atoms with Gasteiger partial charge in [-0.2, -0.15) is 0 Å². The van der Waals surface area contributed by atoms with Gasteiger partial charge in [0.25, 0.3) is 0 Å². The van der Waals surface area contributed by atoms with Gasteiger partial charge in [0.2, 0.25) is 0 Å². The van der Waals surface area contributed by atoms with Gasteiger partial charge < -0.3 is 10.6 Å². The highest BCUT2D eigenvalue weighted by molar-refractivity contribution is 6.39. The Balaban J connectivity index is 1.73. The predicted octanol–water partition coefficient (Wildman–Crippen LogP) is 2.61. The van der Waals surface area contributed by atoms with E-state index in [9.17, 15) is 9.59 Å². The molecule has 0 unspecified atom stereocenters. The van der Waals surface area contributed by atoms with Crippen LogP contribution < -0.4 is 10.6 Å². The van der Waals surface area contributed by atoms with Gasteiger partial charge in [0.15, 0.2) is 0 Å². The molecule has 0 radical (unpaired) electrons. The monoisotopic (exact) mass is 309 g/mol. The van der Waals surface area contributed by atoms with Crippen molar-refractivity contribution < 1.29 is 9.59 Å². The summed E-state index contributed by atoms with van der Waals surface area (Å²) in [6, 6.07) is 13.3. The van der Waals surface area contributed by atoms with Crippen molar-refractivity contribution in [1.82, 2.24) is 10.3 Å². The van der Waals surface area contributed by atoms with Crippen LogP contribution in [0, 0.1) is 0 Å². The molecule has 5 nitrogen and oxygen atoms in total. The van der Waals surface area contributed by atoms with Crippen molar-refractivity contribution in [3.8, 4) is 0 Å². The molecule has 2 N–H and O–H groups in total. The number of amides is 2. The third-order valence-corrected chi connectivity index (χ3v) is 4.26. The van der Waals surface area contributed by atoms with Crippen LogP contribution in [-0.4, -0.2) is 16.8 Å². The molecule has 118 valence electrons. The van der Waals surface area contributed by atoms with Gasteiger partial charge in [-0.1, -0.05) is 43.2 Å². The van der Waals surface area contributed by atoms with Crippen LogP contribution in [0.4, 0.5) is 5.69 Å². The lowest BCUT2D eigenvalue weighted by Crippen LogP contribution is -2.48. The summed E-state index contributed by atoms with van der Waals surface area (Å²) in [7, 11) is 0. The van der Waals surface area contributed by atoms with Crippen LogP contribution in [0.3, 0.4) is 0 Å². The summed E-state index contributed by atoms with van der Waals surface area (Å²) in [6.07, 6.45) is 6.90. The van der Waals surface area contributed by atoms with E-state index in [1.165, 1.54) is 6.20 Å². The number of aromatic nitrogens is 1. The van der Waals surface area contributed by atoms with Crippen LogP contribution in [0.2, 0.25) is 0 Å². The van der Waals surface area contributed by atoms with Gasteiger partial charge >= 0.3 is 11.8 Å². The summed E-state index contributed by atoms with van der Waals surface area (Å²) >= 11 is 0. The van der Waals surface area contributed by atoms with E-state index in [1.807, 2.05) is 30.3 Å². The fourth-order valence-electron chi connectivity index (χ4n) is 3.12. The number of anilines is 1. The fourth-order valence-corrected chi connectivity index (χ4v) is 3.12. The Bertz CT molecular complexity index is 680. The molecule has 5 heteroatoms. The molecule has 1 fully saturated rings. The Kier molecular flexibility index (Phi) is 4.37. The van der Waals surface area contributed by atoms with E-state index >= 15 is 0 Å². The number of pyridine rings is 1. The zero-order valence-corrected chi connectivity index (χ0v) is 12.8. The van der Waals surface area contributed by atoms with E-state index in [-0.39, 0.29) is 0 Å². The first-order valence-electron chi connectivity index (χ1n) is 7.79. The van der Waals surface area contributed by atoms with Crippen molar-refractivity contribution in [1.29, 1.82) is 0 Å². The molecule has 0 aliphatic heterocycles. The van der Waals surface area contributed by atoms with Crippen molar-refractivity contribution in [2.24, 2.45) is 0 Å². The van der Waals surface area contributed by atoms with Crippen LogP contribution in [0.5, 0.6) is 0 Å². The molecule has 1 aromatic heterocycles. The molecule has 23 heavy (non-hydrogen) atoms. The van der Waals surface area contributed by atoms with E-state index in [2.05, 4.69) is 15.6 Å². The number of hydrogen-bond acceptors (Lipinski definition) is 3. The third kappa shape index (κ3) is 3.39. The zero-order valence-electron chi connectivity index (χ0n) is 12.8. The van der Waals surface area contributed by atoms with Gasteiger partial charge in [0.1, 0.15) is 0 Å². The zero-order chi connectivity index (χ0) is 16.1. The molecule has 2 amide bonds. The van der Waals surface area contributed by atoms with Gasteiger partial charge in [-0.05, 0) is 30.5 Å². The van der Waals surface area contributed by atoms with Crippen molar-refractivity contribution >= 4 is 17.5 Å². The number of carbonyl (C=O) groups excluding carboxylic acids is 2. The van der Waals surface area contributed by atoms with Crippen molar-refractivity contribution in [2.45, 2.75) is 31.2 Å². The average molecular weight is 309 g/mol. The Morgan fingerprint density at radius 2 is 1.70 bits per heavy atom. The van der Waals surface area contributed by atoms with Crippen LogP contribution in [-0.2, 0) is 15.1 Å². The summed E-state index contributed by atoms with van der Waals surface area (Å²) in [6.45, 7) is 0. The van der Waals surface area contributed by atoms with E-state index in [4.69, 9.17) is 0 Å². The molecule has 1 heterocycles. The van der Waals surface area contributed by atoms with Gasteiger partial charge in [-0.25, -0.2) is 0 Å². The number of benzene rings is 1. The maximum absolute atomic E-state index is 12.3. The first-order chi connectivity index (χ1) is 11.2. The Morgan fingerprint density at radius 1 is 0.957 bits per heavy atom. The fraction of sp³-hybridized carbons (Fsp3) is 0.278. The lowest BCUT2D eigenvalue weighted by atomic mass is 9.88. The smallest absolute Gasteiger partial charge is 0.313 e. The first kappa shape index (κ1) is 15.2. The third-order valence-electron chi connectivity index (χ3n) is 4.26. The first-order valence-corrected chi connectivity index (χ1v) is 7.79. The topological polar surface area (TPSA) is 71.1 Å². The molecule has 0 atom stereocenters.